The summed E-state index contributed by atoms with van der Waals surface area (Å²) in [4.78, 5) is 45.7. The molecule has 11 atom stereocenters. The number of hydrogen-bond donors (Lipinski definition) is 3. The topological polar surface area (TPSA) is 162 Å². The van der Waals surface area contributed by atoms with Gasteiger partial charge in [-0.2, -0.15) is 0 Å². The Morgan fingerprint density at radius 3 is 2.43 bits per heavy atom. The highest BCUT2D eigenvalue weighted by atomic mass is 16.6. The molecule has 13 rings (SSSR count). The molecular weight excluding hydrogens is 993 g/mol. The monoisotopic (exact) mass is 1060 g/mol. The zero-order valence-electron chi connectivity index (χ0n) is 45.1. The van der Waals surface area contributed by atoms with E-state index in [-0.39, 0.29) is 97.2 Å². The number of carbonyl (C=O) groups excluding carboxylic acids is 2. The van der Waals surface area contributed by atoms with Crippen LogP contribution in [0.4, 0.5) is 0 Å². The molecule has 11 heteroatoms. The van der Waals surface area contributed by atoms with E-state index in [1.165, 1.54) is 34.9 Å². The maximum Gasteiger partial charge on any atom is 0.340 e. The number of hydrogen-bond acceptors (Lipinski definition) is 11. The Balaban J connectivity index is 1.02. The average molecular weight is 1060 g/mol. The van der Waals surface area contributed by atoms with E-state index < -0.39 is 47.9 Å². The summed E-state index contributed by atoms with van der Waals surface area (Å²) in [5.74, 6) is -1.43. The number of fused-ring (bicyclic) bond motifs is 17. The molecule has 0 amide bonds. The fourth-order valence-corrected chi connectivity index (χ4v) is 15.1. The number of rotatable bonds is 10. The van der Waals surface area contributed by atoms with Gasteiger partial charge in [0.1, 0.15) is 11.3 Å². The summed E-state index contributed by atoms with van der Waals surface area (Å²) in [7, 11) is 1.51. The predicted molar refractivity (Wildman–Crippen MR) is 302 cm³/mol. The Labute approximate surface area is 461 Å². The Bertz CT molecular complexity index is 3400. The van der Waals surface area contributed by atoms with Crippen molar-refractivity contribution in [2.24, 2.45) is 23.7 Å². The minimum absolute atomic E-state index is 0.0109. The van der Waals surface area contributed by atoms with E-state index in [0.29, 0.717) is 47.1 Å². The molecule has 7 aliphatic rings. The van der Waals surface area contributed by atoms with Crippen LogP contribution in [0.25, 0.3) is 17.0 Å². The van der Waals surface area contributed by atoms with Crippen molar-refractivity contribution in [3.05, 3.63) is 211 Å². The van der Waals surface area contributed by atoms with Gasteiger partial charge in [0.05, 0.1) is 25.4 Å². The number of benzene rings is 5. The lowest BCUT2D eigenvalue weighted by atomic mass is 9.63. The number of esters is 2. The second kappa shape index (κ2) is 22.3. The van der Waals surface area contributed by atoms with Gasteiger partial charge in [0.25, 0.3) is 0 Å². The van der Waals surface area contributed by atoms with Crippen LogP contribution in [0.3, 0.4) is 0 Å². The van der Waals surface area contributed by atoms with Crippen LogP contribution in [0.1, 0.15) is 144 Å². The first-order valence-electron chi connectivity index (χ1n) is 28.5. The van der Waals surface area contributed by atoms with Crippen LogP contribution in [-0.2, 0) is 43.2 Å². The fraction of sp³-hybridized carbons (Fsp3) is 0.397. The number of methoxy groups -OCH3 is 1. The number of aliphatic hydroxyl groups is 3. The summed E-state index contributed by atoms with van der Waals surface area (Å²) in [6.45, 7) is 0.689. The quantitative estimate of drug-likeness (QED) is 0.0518. The fourth-order valence-electron chi connectivity index (χ4n) is 15.1. The second-order valence-corrected chi connectivity index (χ2v) is 23.1. The van der Waals surface area contributed by atoms with Gasteiger partial charge in [0, 0.05) is 60.3 Å². The van der Waals surface area contributed by atoms with Crippen LogP contribution in [0.15, 0.2) is 154 Å². The zero-order chi connectivity index (χ0) is 54.4. The van der Waals surface area contributed by atoms with E-state index in [0.717, 1.165) is 36.8 Å². The normalized spacial score (nSPS) is 28.1. The molecule has 2 bridgehead atoms. The Morgan fingerprint density at radius 2 is 1.63 bits per heavy atom. The maximum absolute atomic E-state index is 15.7. The van der Waals surface area contributed by atoms with E-state index >= 15 is 9.59 Å². The molecule has 1 spiro atoms. The molecule has 2 fully saturated rings. The van der Waals surface area contributed by atoms with Crippen LogP contribution < -0.4 is 10.4 Å². The van der Waals surface area contributed by atoms with Crippen LogP contribution >= 0.6 is 0 Å². The van der Waals surface area contributed by atoms with Gasteiger partial charge in [-0.3, -0.25) is 4.79 Å². The van der Waals surface area contributed by atoms with Crippen LogP contribution in [0, 0.1) is 23.7 Å². The highest BCUT2D eigenvalue weighted by Gasteiger charge is 2.65. The standard InChI is InChI=1S/C68H70O11/c1-40(37-70)50-24-19-41-17-20-45(21-18-41)51-25-23-47(46-14-8-12-43(33-46)32-42-10-4-3-5-11-42)34-49(51)35-60(72)76-64-62-59(28-27-55-57(38-71)61(67(74)77-63(55)62)48(29-31-69)39-75-2)79-68(65(64)78-66(50)73)30-9-16-54-53-26-22-44-13-6-7-15-52(44)56(53)36-58(54)68/h3-8,10-15,17-18,20-23,25-28,33,47-49,51,53-54,56,58,64-65,69-71H,9,16,19,24,29-32,34-39H2,1-2H3/b50-40-/t47-,48-,49+,51+,53-,54+,56-,58-,64-,65+,68+/m1/s1. The van der Waals surface area contributed by atoms with Gasteiger partial charge in [0.15, 0.2) is 17.8 Å². The molecule has 0 saturated heterocycles. The summed E-state index contributed by atoms with van der Waals surface area (Å²) in [5, 5.41) is 32.5. The van der Waals surface area contributed by atoms with Crippen molar-refractivity contribution >= 4 is 29.0 Å². The molecule has 3 aliphatic heterocycles. The number of ether oxygens (including phenoxy) is 4. The molecule has 11 nitrogen and oxygen atoms in total. The van der Waals surface area contributed by atoms with Gasteiger partial charge in [-0.15, -0.1) is 0 Å². The molecule has 0 radical (unpaired) electrons. The molecule has 5 aromatic carbocycles. The SMILES string of the molecule is COC[C@@H](CCO)c1c(CO)c2ccc3c(c2oc1=O)[C@H]1OC(=O)C[C@@H]2C[C@H](c4cccc(Cc5ccccc5)c4)C=C[C@H]2c2ccc(cc2)CC/C(=C(\C)CO)C(=O)O[C@@H]1[C@@]1(CCC[C@H]2[C@H]4C=Cc5ccccc5[C@H]4C[C@H]21)O3. The molecule has 2 saturated carbocycles. The number of allylic oxidation sites excluding steroid dienone is 3. The Kier molecular flexibility index (Phi) is 14.9. The molecule has 1 aromatic heterocycles. The summed E-state index contributed by atoms with van der Waals surface area (Å²) < 4.78 is 33.8. The third kappa shape index (κ3) is 9.81. The second-order valence-electron chi connectivity index (χ2n) is 23.1. The van der Waals surface area contributed by atoms with Gasteiger partial charge < -0.3 is 38.7 Å². The van der Waals surface area contributed by atoms with Gasteiger partial charge in [-0.05, 0) is 151 Å². The van der Waals surface area contributed by atoms with Crippen molar-refractivity contribution in [1.29, 1.82) is 0 Å². The van der Waals surface area contributed by atoms with E-state index in [9.17, 15) is 20.1 Å². The van der Waals surface area contributed by atoms with Gasteiger partial charge >= 0.3 is 17.6 Å². The third-order valence-electron chi connectivity index (χ3n) is 18.8. The van der Waals surface area contributed by atoms with Crippen molar-refractivity contribution in [2.75, 3.05) is 26.9 Å². The van der Waals surface area contributed by atoms with Gasteiger partial charge in [0.2, 0.25) is 0 Å². The van der Waals surface area contributed by atoms with E-state index in [2.05, 4.69) is 121 Å². The predicted octanol–water partition coefficient (Wildman–Crippen LogP) is 11.7. The van der Waals surface area contributed by atoms with Gasteiger partial charge in [-0.25, -0.2) is 9.59 Å². The molecule has 0 unspecified atom stereocenters. The highest BCUT2D eigenvalue weighted by molar-refractivity contribution is 5.90. The molecule has 3 N–H and O–H groups in total. The Hall–Kier alpha value is -6.89. The molecule has 408 valence electrons. The van der Waals surface area contributed by atoms with E-state index in [4.69, 9.17) is 23.4 Å². The lowest BCUT2D eigenvalue weighted by Gasteiger charge is -2.53. The van der Waals surface area contributed by atoms with Crippen molar-refractivity contribution in [2.45, 2.75) is 119 Å². The summed E-state index contributed by atoms with van der Waals surface area (Å²) >= 11 is 0. The average Bonchev–Trinajstić information content (AvgIpc) is 4.15. The van der Waals surface area contributed by atoms with Gasteiger partial charge in [-0.1, -0.05) is 127 Å². The molecule has 6 aromatic rings. The number of aryl methyl sites for hydroxylation is 1. The minimum Gasteiger partial charge on any atom is -0.482 e. The van der Waals surface area contributed by atoms with E-state index in [1.54, 1.807) is 13.0 Å². The van der Waals surface area contributed by atoms with E-state index in [1.807, 2.05) is 12.1 Å². The van der Waals surface area contributed by atoms with Crippen LogP contribution in [-0.4, -0.2) is 65.9 Å². The summed E-state index contributed by atoms with van der Waals surface area (Å²) in [5.41, 5.74) is 7.77. The number of aliphatic hydroxyl groups excluding tert-OH is 3. The Morgan fingerprint density at radius 1 is 0.823 bits per heavy atom. The van der Waals surface area contributed by atoms with Crippen molar-refractivity contribution < 1.29 is 48.3 Å². The highest BCUT2D eigenvalue weighted by Crippen LogP contribution is 2.64. The number of carbonyl (C=O) groups is 2. The zero-order valence-corrected chi connectivity index (χ0v) is 45.1. The van der Waals surface area contributed by atoms with Crippen LogP contribution in [0.5, 0.6) is 5.75 Å². The first-order valence-corrected chi connectivity index (χ1v) is 28.5. The minimum atomic E-state index is -1.34. The first-order chi connectivity index (χ1) is 38.6. The lowest BCUT2D eigenvalue weighted by Crippen LogP contribution is -2.62. The summed E-state index contributed by atoms with van der Waals surface area (Å²) in [6.07, 6.45) is 11.8. The largest absolute Gasteiger partial charge is 0.482 e. The maximum atomic E-state index is 15.7. The smallest absolute Gasteiger partial charge is 0.340 e. The third-order valence-corrected chi connectivity index (χ3v) is 18.8. The van der Waals surface area contributed by atoms with Crippen molar-refractivity contribution in [3.63, 3.8) is 0 Å². The van der Waals surface area contributed by atoms with Crippen molar-refractivity contribution in [3.8, 4) is 5.75 Å². The van der Waals surface area contributed by atoms with Crippen molar-refractivity contribution in [1.82, 2.24) is 0 Å². The molecule has 79 heavy (non-hydrogen) atoms. The molecular formula is C68H70O11. The molecule has 4 heterocycles. The summed E-state index contributed by atoms with van der Waals surface area (Å²) in [6, 6.07) is 39.7. The lowest BCUT2D eigenvalue weighted by molar-refractivity contribution is -0.212. The van der Waals surface area contributed by atoms with Crippen LogP contribution in [0.2, 0.25) is 0 Å². The molecule has 4 aliphatic carbocycles. The first kappa shape index (κ1) is 52.8.